The van der Waals surface area contributed by atoms with Crippen LogP contribution in [0.4, 0.5) is 21.5 Å². The summed E-state index contributed by atoms with van der Waals surface area (Å²) in [5.41, 5.74) is 1.87. The monoisotopic (exact) mass is 734 g/mol. The van der Waals surface area contributed by atoms with Crippen molar-refractivity contribution in [2.75, 3.05) is 53.8 Å². The van der Waals surface area contributed by atoms with Gasteiger partial charge in [-0.2, -0.15) is 8.42 Å². The Kier molecular flexibility index (Phi) is 7.79. The molecule has 0 bridgehead atoms. The Labute approximate surface area is 295 Å². The molecule has 1 unspecified atom stereocenters. The van der Waals surface area contributed by atoms with Crippen LogP contribution in [0.1, 0.15) is 31.7 Å². The molecule has 4 saturated heterocycles. The molecule has 5 heterocycles. The number of imidazole rings is 1. The second kappa shape index (κ2) is 12.0. The highest BCUT2D eigenvalue weighted by Gasteiger charge is 2.45. The SMILES string of the molecule is Cn1c(=O)n(C2CCC(=O)NC2=O)c2ccc(N3CC4(CCN(CC(=O)Nc5ccc6c(F)c(N7CC(=O)NS7(=O)=O)c(O)cc6c5)CC4)C3)cc21. The van der Waals surface area contributed by atoms with Crippen LogP contribution in [-0.2, 0) is 36.4 Å². The van der Waals surface area contributed by atoms with E-state index in [1.54, 1.807) is 11.8 Å². The van der Waals surface area contributed by atoms with Crippen molar-refractivity contribution in [2.24, 2.45) is 12.5 Å². The van der Waals surface area contributed by atoms with Crippen LogP contribution in [0.3, 0.4) is 0 Å². The number of hydrogen-bond acceptors (Lipinski definition) is 10. The first kappa shape index (κ1) is 33.6. The minimum atomic E-state index is -4.34. The molecule has 4 fully saturated rings. The molecule has 0 radical (unpaired) electrons. The lowest BCUT2D eigenvalue weighted by Crippen LogP contribution is -2.60. The van der Waals surface area contributed by atoms with Gasteiger partial charge in [0.15, 0.2) is 5.82 Å². The Morgan fingerprint density at radius 2 is 1.77 bits per heavy atom. The molecule has 1 aromatic heterocycles. The number of carbonyl (C=O) groups is 4. The van der Waals surface area contributed by atoms with Gasteiger partial charge in [0.05, 0.1) is 17.6 Å². The number of nitrogens with one attached hydrogen (secondary N) is 3. The molecule has 18 heteroatoms. The van der Waals surface area contributed by atoms with Crippen LogP contribution in [0.2, 0.25) is 0 Å². The number of aryl methyl sites for hydroxylation is 1. The summed E-state index contributed by atoms with van der Waals surface area (Å²) in [6.07, 6.45) is 2.25. The summed E-state index contributed by atoms with van der Waals surface area (Å²) in [7, 11) is -2.66. The number of halogens is 1. The smallest absolute Gasteiger partial charge is 0.329 e. The van der Waals surface area contributed by atoms with Crippen LogP contribution in [0.5, 0.6) is 5.75 Å². The summed E-state index contributed by atoms with van der Waals surface area (Å²) in [6.45, 7) is 2.60. The van der Waals surface area contributed by atoms with Crippen molar-refractivity contribution in [2.45, 2.75) is 31.7 Å². The average Bonchev–Trinajstić information content (AvgIpc) is 3.48. The topological polar surface area (TPSA) is 195 Å². The number of phenols is 1. The number of imide groups is 1. The number of carbonyl (C=O) groups excluding carboxylic acids is 4. The van der Waals surface area contributed by atoms with Crippen molar-refractivity contribution >= 4 is 72.7 Å². The molecule has 8 rings (SSSR count). The van der Waals surface area contributed by atoms with E-state index in [9.17, 15) is 37.5 Å². The molecule has 1 atom stereocenters. The first-order chi connectivity index (χ1) is 24.7. The fourth-order valence-corrected chi connectivity index (χ4v) is 9.09. The van der Waals surface area contributed by atoms with E-state index >= 15 is 4.39 Å². The highest BCUT2D eigenvalue weighted by molar-refractivity contribution is 7.92. The minimum Gasteiger partial charge on any atom is -0.506 e. The number of fused-ring (bicyclic) bond motifs is 2. The number of benzene rings is 3. The maximum Gasteiger partial charge on any atom is 0.329 e. The van der Waals surface area contributed by atoms with Gasteiger partial charge in [-0.25, -0.2) is 18.2 Å². The molecule has 4 aliphatic rings. The van der Waals surface area contributed by atoms with E-state index in [-0.39, 0.29) is 53.1 Å². The summed E-state index contributed by atoms with van der Waals surface area (Å²) >= 11 is 0. The molecule has 0 saturated carbocycles. The molecule has 272 valence electrons. The Hall–Kier alpha value is -5.49. The van der Waals surface area contributed by atoms with Crippen LogP contribution >= 0.6 is 0 Å². The van der Waals surface area contributed by atoms with E-state index < -0.39 is 51.9 Å². The fraction of sp³-hybridized carbons (Fsp3) is 0.382. The number of hydrogen-bond donors (Lipinski definition) is 4. The summed E-state index contributed by atoms with van der Waals surface area (Å²) in [5, 5.41) is 15.9. The zero-order valence-electron chi connectivity index (χ0n) is 28.0. The van der Waals surface area contributed by atoms with Crippen molar-refractivity contribution < 1.29 is 37.1 Å². The van der Waals surface area contributed by atoms with E-state index in [1.165, 1.54) is 33.4 Å². The highest BCUT2D eigenvalue weighted by atomic mass is 32.2. The largest absolute Gasteiger partial charge is 0.506 e. The van der Waals surface area contributed by atoms with E-state index in [0.29, 0.717) is 21.0 Å². The van der Waals surface area contributed by atoms with Gasteiger partial charge in [-0.1, -0.05) is 0 Å². The molecule has 0 aliphatic carbocycles. The van der Waals surface area contributed by atoms with Crippen LogP contribution in [0.25, 0.3) is 21.8 Å². The third kappa shape index (κ3) is 5.61. The van der Waals surface area contributed by atoms with Crippen LogP contribution in [0.15, 0.2) is 47.3 Å². The van der Waals surface area contributed by atoms with Crippen molar-refractivity contribution in [3.63, 3.8) is 0 Å². The lowest BCUT2D eigenvalue weighted by molar-refractivity contribution is -0.135. The second-order valence-electron chi connectivity index (χ2n) is 14.1. The summed E-state index contributed by atoms with van der Waals surface area (Å²) in [5.74, 6) is -3.59. The number of aromatic nitrogens is 2. The Morgan fingerprint density at radius 3 is 2.46 bits per heavy atom. The van der Waals surface area contributed by atoms with Crippen molar-refractivity contribution in [1.29, 1.82) is 0 Å². The minimum absolute atomic E-state index is 0.00538. The highest BCUT2D eigenvalue weighted by Crippen LogP contribution is 2.43. The number of rotatable bonds is 6. The molecule has 52 heavy (non-hydrogen) atoms. The molecule has 4 amide bonds. The number of piperidine rings is 2. The number of phenolic OH excluding ortho intramolecular Hbond substituents is 1. The molecule has 4 aromatic rings. The lowest BCUT2D eigenvalue weighted by Gasteiger charge is -2.55. The maximum atomic E-state index is 15.4. The van der Waals surface area contributed by atoms with Gasteiger partial charge in [-0.05, 0) is 80.2 Å². The van der Waals surface area contributed by atoms with Gasteiger partial charge in [-0.15, -0.1) is 0 Å². The van der Waals surface area contributed by atoms with Crippen LogP contribution in [0, 0.1) is 11.2 Å². The van der Waals surface area contributed by atoms with Gasteiger partial charge < -0.3 is 15.3 Å². The lowest BCUT2D eigenvalue weighted by atomic mass is 9.71. The number of anilines is 3. The van der Waals surface area contributed by atoms with Crippen LogP contribution in [-0.4, -0.2) is 90.5 Å². The number of aromatic hydroxyl groups is 1. The predicted octanol–water partition coefficient (Wildman–Crippen LogP) is 1.04. The molecule has 16 nitrogen and oxygen atoms in total. The Morgan fingerprint density at radius 1 is 1.02 bits per heavy atom. The fourth-order valence-electron chi connectivity index (χ4n) is 7.93. The number of amides is 4. The Balaban J connectivity index is 0.876. The van der Waals surface area contributed by atoms with E-state index in [1.807, 2.05) is 18.2 Å². The van der Waals surface area contributed by atoms with Crippen molar-refractivity contribution in [3.05, 3.63) is 58.8 Å². The molecule has 4 N–H and O–H groups in total. The number of nitrogens with zero attached hydrogens (tertiary/aromatic N) is 5. The number of likely N-dealkylation sites (tertiary alicyclic amines) is 1. The zero-order valence-corrected chi connectivity index (χ0v) is 28.8. The van der Waals surface area contributed by atoms with Crippen molar-refractivity contribution in [3.8, 4) is 5.75 Å². The van der Waals surface area contributed by atoms with Gasteiger partial charge in [0.1, 0.15) is 24.0 Å². The Bertz CT molecular complexity index is 2390. The predicted molar refractivity (Wildman–Crippen MR) is 188 cm³/mol. The van der Waals surface area contributed by atoms with E-state index in [4.69, 9.17) is 0 Å². The van der Waals surface area contributed by atoms with Gasteiger partial charge in [0.25, 0.3) is 5.91 Å². The van der Waals surface area contributed by atoms with Gasteiger partial charge in [0, 0.05) is 48.7 Å². The first-order valence-electron chi connectivity index (χ1n) is 16.8. The maximum absolute atomic E-state index is 15.4. The quantitative estimate of drug-likeness (QED) is 0.208. The standard InChI is InChI=1S/C34H35FN8O8S/c1-39-25-14-21(3-5-23(25)43(33(39)49)24-6-7-27(45)37-32(24)48)41-17-34(18-41)8-10-40(11-9-34)15-28(46)36-20-2-4-22-19(12-20)13-26(44)31(30(22)35)42-16-29(47)38-52(42,50)51/h2-5,12-14,24,44H,6-11,15-18H2,1H3,(H,36,46)(H,38,47)(H,37,45,48). The molecule has 4 aliphatic heterocycles. The first-order valence-corrected chi connectivity index (χ1v) is 18.3. The van der Waals surface area contributed by atoms with Crippen molar-refractivity contribution in [1.82, 2.24) is 24.1 Å². The van der Waals surface area contributed by atoms with E-state index in [2.05, 4.69) is 20.4 Å². The molecule has 1 spiro atoms. The van der Waals surface area contributed by atoms with Gasteiger partial charge >= 0.3 is 15.9 Å². The molecular formula is C34H35FN8O8S. The molecular weight excluding hydrogens is 699 g/mol. The zero-order chi connectivity index (χ0) is 36.7. The summed E-state index contributed by atoms with van der Waals surface area (Å²) in [4.78, 5) is 66.3. The normalized spacial score (nSPS) is 21.4. The van der Waals surface area contributed by atoms with E-state index in [0.717, 1.165) is 44.7 Å². The molecule has 3 aromatic carbocycles. The third-order valence-corrected chi connectivity index (χ3v) is 12.1. The van der Waals surface area contributed by atoms with Gasteiger partial charge in [-0.3, -0.25) is 38.5 Å². The summed E-state index contributed by atoms with van der Waals surface area (Å²) in [6, 6.07) is 10.6. The third-order valence-electron chi connectivity index (χ3n) is 10.7. The summed E-state index contributed by atoms with van der Waals surface area (Å²) < 4.78 is 45.1. The van der Waals surface area contributed by atoms with Gasteiger partial charge in [0.2, 0.25) is 17.7 Å². The van der Waals surface area contributed by atoms with Crippen LogP contribution < -0.4 is 30.3 Å². The average molecular weight is 735 g/mol. The second-order valence-corrected chi connectivity index (χ2v) is 15.7.